The van der Waals surface area contributed by atoms with Gasteiger partial charge in [-0.2, -0.15) is 0 Å². The number of ether oxygens (including phenoxy) is 1. The predicted molar refractivity (Wildman–Crippen MR) is 65.1 cm³/mol. The van der Waals surface area contributed by atoms with E-state index in [9.17, 15) is 4.79 Å². The molecule has 84 valence electrons. The van der Waals surface area contributed by atoms with Crippen molar-refractivity contribution in [1.82, 2.24) is 0 Å². The van der Waals surface area contributed by atoms with Gasteiger partial charge < -0.3 is 9.64 Å². The molecule has 1 aromatic rings. The SMILES string of the molecule is C=CCOC(=O)C=CN(C)c1ccccc1. The number of hydrogen-bond donors (Lipinski definition) is 0. The molecule has 0 radical (unpaired) electrons. The van der Waals surface area contributed by atoms with Crippen LogP contribution in [0.5, 0.6) is 0 Å². The highest BCUT2D eigenvalue weighted by Crippen LogP contribution is 2.10. The second kappa shape index (κ2) is 6.45. The van der Waals surface area contributed by atoms with Crippen molar-refractivity contribution in [2.24, 2.45) is 0 Å². The molecule has 0 N–H and O–H groups in total. The minimum atomic E-state index is -0.373. The molecular weight excluding hydrogens is 202 g/mol. The number of hydrogen-bond acceptors (Lipinski definition) is 3. The van der Waals surface area contributed by atoms with Crippen molar-refractivity contribution in [3.63, 3.8) is 0 Å². The first-order valence-corrected chi connectivity index (χ1v) is 4.98. The van der Waals surface area contributed by atoms with E-state index in [-0.39, 0.29) is 12.6 Å². The van der Waals surface area contributed by atoms with Gasteiger partial charge in [0.25, 0.3) is 0 Å². The van der Waals surface area contributed by atoms with Gasteiger partial charge in [0.05, 0.1) is 0 Å². The molecule has 0 bridgehead atoms. The Balaban J connectivity index is 2.51. The van der Waals surface area contributed by atoms with Crippen molar-refractivity contribution in [2.75, 3.05) is 18.6 Å². The molecule has 3 heteroatoms. The molecule has 16 heavy (non-hydrogen) atoms. The monoisotopic (exact) mass is 217 g/mol. The average molecular weight is 217 g/mol. The summed E-state index contributed by atoms with van der Waals surface area (Å²) >= 11 is 0. The van der Waals surface area contributed by atoms with Crippen LogP contribution in [-0.4, -0.2) is 19.6 Å². The molecule has 0 aliphatic carbocycles. The van der Waals surface area contributed by atoms with E-state index in [1.165, 1.54) is 12.2 Å². The smallest absolute Gasteiger partial charge is 0.332 e. The van der Waals surface area contributed by atoms with Gasteiger partial charge in [-0.25, -0.2) is 4.79 Å². The standard InChI is InChI=1S/C13H15NO2/c1-3-11-16-13(15)9-10-14(2)12-7-5-4-6-8-12/h3-10H,1,11H2,2H3. The average Bonchev–Trinajstić information content (AvgIpc) is 2.34. The van der Waals surface area contributed by atoms with E-state index in [1.54, 1.807) is 6.20 Å². The maximum Gasteiger partial charge on any atom is 0.332 e. The summed E-state index contributed by atoms with van der Waals surface area (Å²) in [5.41, 5.74) is 1.01. The van der Waals surface area contributed by atoms with E-state index >= 15 is 0 Å². The van der Waals surface area contributed by atoms with Crippen molar-refractivity contribution in [3.8, 4) is 0 Å². The number of benzene rings is 1. The van der Waals surface area contributed by atoms with Crippen LogP contribution in [0.3, 0.4) is 0 Å². The number of para-hydroxylation sites is 1. The van der Waals surface area contributed by atoms with Gasteiger partial charge in [-0.3, -0.25) is 0 Å². The molecule has 0 fully saturated rings. The Labute approximate surface area is 95.6 Å². The molecule has 0 aromatic heterocycles. The Hall–Kier alpha value is -2.03. The zero-order valence-corrected chi connectivity index (χ0v) is 9.30. The topological polar surface area (TPSA) is 29.5 Å². The van der Waals surface area contributed by atoms with Crippen LogP contribution < -0.4 is 4.90 Å². The van der Waals surface area contributed by atoms with E-state index < -0.39 is 0 Å². The van der Waals surface area contributed by atoms with E-state index in [4.69, 9.17) is 4.74 Å². The highest BCUT2D eigenvalue weighted by atomic mass is 16.5. The Bertz CT molecular complexity index is 371. The van der Waals surface area contributed by atoms with Crippen molar-refractivity contribution in [1.29, 1.82) is 0 Å². The summed E-state index contributed by atoms with van der Waals surface area (Å²) < 4.78 is 4.81. The van der Waals surface area contributed by atoms with Gasteiger partial charge in [0, 0.05) is 25.0 Å². The third kappa shape index (κ3) is 4.00. The fraction of sp³-hybridized carbons (Fsp3) is 0.154. The lowest BCUT2D eigenvalue weighted by Gasteiger charge is -2.13. The van der Waals surface area contributed by atoms with E-state index in [0.717, 1.165) is 5.69 Å². The molecule has 0 aliphatic heterocycles. The zero-order valence-electron chi connectivity index (χ0n) is 9.30. The Morgan fingerprint density at radius 3 is 2.75 bits per heavy atom. The number of nitrogens with zero attached hydrogens (tertiary/aromatic N) is 1. The number of carbonyl (C=O) groups excluding carboxylic acids is 1. The Morgan fingerprint density at radius 2 is 2.12 bits per heavy atom. The lowest BCUT2D eigenvalue weighted by Crippen LogP contribution is -2.09. The van der Waals surface area contributed by atoms with Gasteiger partial charge in [-0.15, -0.1) is 0 Å². The Morgan fingerprint density at radius 1 is 1.44 bits per heavy atom. The maximum atomic E-state index is 11.2. The molecule has 0 amide bonds. The molecule has 0 heterocycles. The second-order valence-corrected chi connectivity index (χ2v) is 3.18. The van der Waals surface area contributed by atoms with Crippen molar-refractivity contribution >= 4 is 11.7 Å². The van der Waals surface area contributed by atoms with E-state index in [2.05, 4.69) is 6.58 Å². The second-order valence-electron chi connectivity index (χ2n) is 3.18. The van der Waals surface area contributed by atoms with Gasteiger partial charge in [0.1, 0.15) is 6.61 Å². The highest BCUT2D eigenvalue weighted by Gasteiger charge is 1.97. The molecule has 0 saturated carbocycles. The van der Waals surface area contributed by atoms with Crippen molar-refractivity contribution < 1.29 is 9.53 Å². The maximum absolute atomic E-state index is 11.2. The van der Waals surface area contributed by atoms with Crippen LogP contribution in [0, 0.1) is 0 Å². The lowest BCUT2D eigenvalue weighted by atomic mass is 10.3. The van der Waals surface area contributed by atoms with Crippen LogP contribution in [0.25, 0.3) is 0 Å². The lowest BCUT2D eigenvalue weighted by molar-refractivity contribution is -0.136. The van der Waals surface area contributed by atoms with Crippen molar-refractivity contribution in [2.45, 2.75) is 0 Å². The van der Waals surface area contributed by atoms with Crippen LogP contribution in [0.15, 0.2) is 55.3 Å². The van der Waals surface area contributed by atoms with Crippen LogP contribution in [0.4, 0.5) is 5.69 Å². The van der Waals surface area contributed by atoms with Crippen LogP contribution >= 0.6 is 0 Å². The molecule has 1 rings (SSSR count). The number of rotatable bonds is 5. The van der Waals surface area contributed by atoms with Gasteiger partial charge >= 0.3 is 5.97 Å². The summed E-state index contributed by atoms with van der Waals surface area (Å²) in [4.78, 5) is 13.0. The van der Waals surface area contributed by atoms with Crippen LogP contribution in [0.1, 0.15) is 0 Å². The highest BCUT2D eigenvalue weighted by molar-refractivity contribution is 5.82. The summed E-state index contributed by atoms with van der Waals surface area (Å²) in [6, 6.07) is 9.74. The minimum Gasteiger partial charge on any atom is -0.458 e. The predicted octanol–water partition coefficient (Wildman–Crippen LogP) is 2.37. The molecule has 0 aliphatic rings. The minimum absolute atomic E-state index is 0.234. The summed E-state index contributed by atoms with van der Waals surface area (Å²) in [6.07, 6.45) is 4.59. The number of anilines is 1. The zero-order chi connectivity index (χ0) is 11.8. The third-order valence-electron chi connectivity index (χ3n) is 1.94. The fourth-order valence-corrected chi connectivity index (χ4v) is 1.11. The fourth-order valence-electron chi connectivity index (χ4n) is 1.11. The first kappa shape index (κ1) is 12.0. The molecule has 0 unspecified atom stereocenters. The summed E-state index contributed by atoms with van der Waals surface area (Å²) in [5, 5.41) is 0. The Kier molecular flexibility index (Phi) is 4.86. The normalized spacial score (nSPS) is 10.1. The summed E-state index contributed by atoms with van der Waals surface area (Å²) in [7, 11) is 1.87. The van der Waals surface area contributed by atoms with E-state index in [1.807, 2.05) is 42.3 Å². The summed E-state index contributed by atoms with van der Waals surface area (Å²) in [5.74, 6) is -0.373. The van der Waals surface area contributed by atoms with Crippen LogP contribution in [-0.2, 0) is 9.53 Å². The van der Waals surface area contributed by atoms with Gasteiger partial charge in [-0.1, -0.05) is 30.9 Å². The summed E-state index contributed by atoms with van der Waals surface area (Å²) in [6.45, 7) is 3.70. The van der Waals surface area contributed by atoms with Gasteiger partial charge in [-0.05, 0) is 12.1 Å². The quantitative estimate of drug-likeness (QED) is 0.431. The first-order chi connectivity index (χ1) is 7.74. The third-order valence-corrected chi connectivity index (χ3v) is 1.94. The molecule has 0 saturated heterocycles. The van der Waals surface area contributed by atoms with Crippen LogP contribution in [0.2, 0.25) is 0 Å². The molecule has 3 nitrogen and oxygen atoms in total. The number of esters is 1. The van der Waals surface area contributed by atoms with Gasteiger partial charge in [0.2, 0.25) is 0 Å². The van der Waals surface area contributed by atoms with Gasteiger partial charge in [0.15, 0.2) is 0 Å². The largest absolute Gasteiger partial charge is 0.458 e. The van der Waals surface area contributed by atoms with E-state index in [0.29, 0.717) is 0 Å². The van der Waals surface area contributed by atoms with Crippen molar-refractivity contribution in [3.05, 3.63) is 55.3 Å². The molecular formula is C13H15NO2. The molecule has 0 atom stereocenters. The molecule has 0 spiro atoms. The number of carbonyl (C=O) groups is 1. The molecule has 1 aromatic carbocycles. The first-order valence-electron chi connectivity index (χ1n) is 4.98.